The Hall–Kier alpha value is -8.14. The molecule has 0 unspecified atom stereocenters. The summed E-state index contributed by atoms with van der Waals surface area (Å²) >= 11 is 0. The second-order valence-electron chi connectivity index (χ2n) is 17.6. The van der Waals surface area contributed by atoms with Crippen LogP contribution >= 0.6 is 0 Å². The van der Waals surface area contributed by atoms with Gasteiger partial charge in [0.1, 0.15) is 0 Å². The number of aryl methyl sites for hydroxylation is 4. The van der Waals surface area contributed by atoms with Gasteiger partial charge in [-0.1, -0.05) is 187 Å². The molecule has 0 aliphatic rings. The van der Waals surface area contributed by atoms with Gasteiger partial charge < -0.3 is 9.97 Å². The third kappa shape index (κ3) is 11.0. The predicted molar refractivity (Wildman–Crippen MR) is 288 cm³/mol. The molecule has 0 spiro atoms. The molecule has 3 aromatic heterocycles. The Balaban J connectivity index is 0.00000582. The molecule has 11 aromatic rings. The van der Waals surface area contributed by atoms with Gasteiger partial charge in [0.2, 0.25) is 0 Å². The maximum Gasteiger partial charge on any atom is 3.00 e. The first-order chi connectivity index (χ1) is 34.7. The van der Waals surface area contributed by atoms with Crippen molar-refractivity contribution in [1.29, 1.82) is 0 Å². The average molecular weight is 1090 g/mol. The van der Waals surface area contributed by atoms with Gasteiger partial charge in [0.25, 0.3) is 0 Å². The van der Waals surface area contributed by atoms with Gasteiger partial charge in [-0.05, 0) is 98.7 Å². The van der Waals surface area contributed by atoms with E-state index in [1.165, 1.54) is 44.5 Å². The molecule has 0 saturated heterocycles. The van der Waals surface area contributed by atoms with Crippen LogP contribution in [0.4, 0.5) is 0 Å². The van der Waals surface area contributed by atoms with E-state index in [9.17, 15) is 0 Å². The zero-order chi connectivity index (χ0) is 46.9. The molecule has 0 radical (unpaired) electrons. The van der Waals surface area contributed by atoms with E-state index in [0.717, 1.165) is 93.0 Å². The molecule has 8 aromatic carbocycles. The Labute approximate surface area is 431 Å². The normalized spacial score (nSPS) is 10.9. The monoisotopic (exact) mass is 1090 g/mol. The van der Waals surface area contributed by atoms with E-state index >= 15 is 0 Å². The van der Waals surface area contributed by atoms with Crippen LogP contribution in [0.5, 0.6) is 0 Å². The zero-order valence-corrected chi connectivity index (χ0v) is 41.5. The predicted octanol–water partition coefficient (Wildman–Crippen LogP) is 16.2. The van der Waals surface area contributed by atoms with Crippen molar-refractivity contribution in [2.75, 3.05) is 0 Å². The molecule has 0 aliphatic heterocycles. The van der Waals surface area contributed by atoms with E-state index in [-0.39, 0.29) is 20.1 Å². The van der Waals surface area contributed by atoms with Crippen molar-refractivity contribution in [3.8, 4) is 89.5 Å². The van der Waals surface area contributed by atoms with Gasteiger partial charge in [-0.3, -0.25) is 4.98 Å². The fourth-order valence-corrected chi connectivity index (χ4v) is 9.29. The third-order valence-corrected chi connectivity index (χ3v) is 12.9. The molecule has 3 nitrogen and oxygen atoms in total. The summed E-state index contributed by atoms with van der Waals surface area (Å²) in [4.78, 5) is 14.2. The van der Waals surface area contributed by atoms with E-state index in [4.69, 9.17) is 4.98 Å². The van der Waals surface area contributed by atoms with Gasteiger partial charge in [0, 0.05) is 12.4 Å². The number of benzene rings is 8. The van der Waals surface area contributed by atoms with Crippen LogP contribution in [0.15, 0.2) is 243 Å². The van der Waals surface area contributed by atoms with E-state index < -0.39 is 0 Å². The second kappa shape index (κ2) is 22.1. The standard InChI is InChI=1S/C67H48N3.Ir/c1-3-15-52(16-4-1)56-19-13-20-57(46-56)63-47-58(67-26-14-25-66(70-67)53-17-5-2-6-18-53)39-40-62(63)61-22-8-7-21-60(61)59-44-50(29-27-48-31-35-54(36-32-48)64-23-9-11-41-68-64)43-51(45-59)30-28-49-33-37-55(38-34-49)65-24-10-12-42-69-65;/h1-26,31-35,37,40-47H,27-30H2;/q-3;+3. The maximum atomic E-state index is 5.17. The molecule has 0 bridgehead atoms. The summed E-state index contributed by atoms with van der Waals surface area (Å²) in [5.41, 5.74) is 22.1. The van der Waals surface area contributed by atoms with Crippen LogP contribution in [0.1, 0.15) is 22.3 Å². The quantitative estimate of drug-likeness (QED) is 0.102. The largest absolute Gasteiger partial charge is 3.00 e. The summed E-state index contributed by atoms with van der Waals surface area (Å²) in [6, 6.07) is 92.3. The second-order valence-corrected chi connectivity index (χ2v) is 17.6. The molecule has 0 amide bonds. The van der Waals surface area contributed by atoms with Crippen LogP contribution in [0, 0.1) is 18.2 Å². The smallest absolute Gasteiger partial charge is 0.305 e. The maximum absolute atomic E-state index is 5.17. The van der Waals surface area contributed by atoms with Crippen molar-refractivity contribution in [3.05, 3.63) is 283 Å². The van der Waals surface area contributed by atoms with Crippen LogP contribution in [-0.2, 0) is 45.8 Å². The molecule has 0 atom stereocenters. The third-order valence-electron chi connectivity index (χ3n) is 12.9. The minimum atomic E-state index is 0. The van der Waals surface area contributed by atoms with Crippen molar-refractivity contribution < 1.29 is 20.1 Å². The summed E-state index contributed by atoms with van der Waals surface area (Å²) in [7, 11) is 0. The topological polar surface area (TPSA) is 38.7 Å². The first-order valence-electron chi connectivity index (χ1n) is 24.0. The van der Waals surface area contributed by atoms with E-state index in [1.807, 2.05) is 54.9 Å². The summed E-state index contributed by atoms with van der Waals surface area (Å²) in [5, 5.41) is 0. The minimum absolute atomic E-state index is 0. The molecule has 0 N–H and O–H groups in total. The molecule has 340 valence electrons. The fraction of sp³-hybridized carbons (Fsp3) is 0.0597. The first-order valence-corrected chi connectivity index (χ1v) is 24.0. The van der Waals surface area contributed by atoms with Crippen LogP contribution < -0.4 is 0 Å². The Morgan fingerprint density at radius 2 is 0.789 bits per heavy atom. The number of hydrogen-bond acceptors (Lipinski definition) is 3. The average Bonchev–Trinajstić information content (AvgIpc) is 3.45. The molecule has 4 heteroatoms. The van der Waals surface area contributed by atoms with E-state index in [1.54, 1.807) is 0 Å². The van der Waals surface area contributed by atoms with Gasteiger partial charge in [0.05, 0.1) is 5.69 Å². The fourth-order valence-electron chi connectivity index (χ4n) is 9.29. The van der Waals surface area contributed by atoms with Gasteiger partial charge in [0.15, 0.2) is 0 Å². The summed E-state index contributed by atoms with van der Waals surface area (Å²) in [6.07, 6.45) is 7.23. The van der Waals surface area contributed by atoms with Crippen LogP contribution in [0.3, 0.4) is 0 Å². The van der Waals surface area contributed by atoms with Crippen LogP contribution in [0.2, 0.25) is 0 Å². The Kier molecular flexibility index (Phi) is 14.5. The number of aromatic nitrogens is 3. The van der Waals surface area contributed by atoms with Gasteiger partial charge in [-0.2, -0.15) is 0 Å². The molecule has 71 heavy (non-hydrogen) atoms. The first kappa shape index (κ1) is 46.6. The van der Waals surface area contributed by atoms with Crippen molar-refractivity contribution in [3.63, 3.8) is 0 Å². The molecule has 0 aliphatic carbocycles. The molecule has 0 fully saturated rings. The van der Waals surface area contributed by atoms with Crippen LogP contribution in [-0.4, -0.2) is 15.0 Å². The van der Waals surface area contributed by atoms with E-state index in [0.29, 0.717) is 0 Å². The summed E-state index contributed by atoms with van der Waals surface area (Å²) in [6.45, 7) is 0. The number of hydrogen-bond donors (Lipinski definition) is 0. The van der Waals surface area contributed by atoms with Gasteiger partial charge >= 0.3 is 20.1 Å². The molecule has 11 rings (SSSR count). The minimum Gasteiger partial charge on any atom is -0.305 e. The zero-order valence-electron chi connectivity index (χ0n) is 39.1. The molecular weight excluding hydrogens is 1040 g/mol. The molecule has 3 heterocycles. The molecular formula is C67H48IrN3. The Morgan fingerprint density at radius 1 is 0.282 bits per heavy atom. The van der Waals surface area contributed by atoms with Gasteiger partial charge in [-0.25, -0.2) is 0 Å². The number of rotatable bonds is 14. The van der Waals surface area contributed by atoms with Crippen molar-refractivity contribution in [1.82, 2.24) is 15.0 Å². The Bertz CT molecular complexity index is 3400. The van der Waals surface area contributed by atoms with Crippen molar-refractivity contribution in [2.45, 2.75) is 25.7 Å². The Morgan fingerprint density at radius 3 is 1.39 bits per heavy atom. The number of pyridine rings is 3. The SMILES string of the molecule is [Ir+3].[c-]1cc(CCc2cc(CCc3c[c-]c(-c4ccccn4)cc3)cc(-c3ccccc3-c3c[c-]c(-c4cccc(-c5ccccc5)n4)cc3-c3cccc(-c4ccccc4)c3)c2)ccc1-c1ccccn1. The summed E-state index contributed by atoms with van der Waals surface area (Å²) in [5.74, 6) is 0. The summed E-state index contributed by atoms with van der Waals surface area (Å²) < 4.78 is 0. The van der Waals surface area contributed by atoms with Crippen LogP contribution in [0.25, 0.3) is 89.5 Å². The van der Waals surface area contributed by atoms with Gasteiger partial charge in [-0.15, -0.1) is 94.5 Å². The van der Waals surface area contributed by atoms with E-state index in [2.05, 4.69) is 216 Å². The van der Waals surface area contributed by atoms with Crippen molar-refractivity contribution >= 4 is 0 Å². The molecule has 0 saturated carbocycles. The van der Waals surface area contributed by atoms with Crippen molar-refractivity contribution in [2.24, 2.45) is 0 Å². The number of nitrogens with zero attached hydrogens (tertiary/aromatic N) is 3.